The molecule has 0 radical (unpaired) electrons. The number of pyridine rings is 1. The summed E-state index contributed by atoms with van der Waals surface area (Å²) in [7, 11) is 0. The van der Waals surface area contributed by atoms with Crippen molar-refractivity contribution < 1.29 is 4.74 Å². The minimum absolute atomic E-state index is 0.222. The van der Waals surface area contributed by atoms with Gasteiger partial charge in [0.2, 0.25) is 0 Å². The second-order valence-corrected chi connectivity index (χ2v) is 4.48. The third kappa shape index (κ3) is 3.09. The number of nitrogens with zero attached hydrogens (tertiary/aromatic N) is 1. The van der Waals surface area contributed by atoms with E-state index in [1.807, 2.05) is 19.1 Å². The minimum Gasteiger partial charge on any atom is -0.490 e. The number of nitrogens with two attached hydrogens (primary N) is 1. The number of hydrogen-bond donors (Lipinski definition) is 2. The highest BCUT2D eigenvalue weighted by molar-refractivity contribution is 5.50. The van der Waals surface area contributed by atoms with Crippen molar-refractivity contribution in [3.63, 3.8) is 0 Å². The van der Waals surface area contributed by atoms with Gasteiger partial charge in [-0.05, 0) is 31.9 Å². The van der Waals surface area contributed by atoms with Crippen LogP contribution in [0, 0.1) is 0 Å². The molecule has 2 rings (SSSR count). The first-order chi connectivity index (χ1) is 8.31. The zero-order valence-electron chi connectivity index (χ0n) is 10.4. The monoisotopic (exact) mass is 235 g/mol. The maximum absolute atomic E-state index is 6.12. The Morgan fingerprint density at radius 3 is 3.06 bits per heavy atom. The molecule has 0 aromatic carbocycles. The normalized spacial score (nSPS) is 24.4. The van der Waals surface area contributed by atoms with E-state index in [1.54, 1.807) is 6.20 Å². The van der Waals surface area contributed by atoms with Crippen LogP contribution < -0.4 is 15.8 Å². The fraction of sp³-hybridized carbons (Fsp3) is 0.615. The molecule has 1 aromatic rings. The molecule has 0 amide bonds. The van der Waals surface area contributed by atoms with E-state index < -0.39 is 0 Å². The second-order valence-electron chi connectivity index (χ2n) is 4.48. The van der Waals surface area contributed by atoms with E-state index >= 15 is 0 Å². The lowest BCUT2D eigenvalue weighted by Gasteiger charge is -2.30. The van der Waals surface area contributed by atoms with Crippen LogP contribution in [-0.2, 0) is 0 Å². The topological polar surface area (TPSA) is 60.2 Å². The molecule has 2 atom stereocenters. The fourth-order valence-electron chi connectivity index (χ4n) is 2.29. The van der Waals surface area contributed by atoms with Gasteiger partial charge in [-0.15, -0.1) is 0 Å². The van der Waals surface area contributed by atoms with E-state index in [-0.39, 0.29) is 6.04 Å². The van der Waals surface area contributed by atoms with Gasteiger partial charge < -0.3 is 15.8 Å². The zero-order valence-corrected chi connectivity index (χ0v) is 10.4. The summed E-state index contributed by atoms with van der Waals surface area (Å²) in [5.41, 5.74) is 6.12. The highest BCUT2D eigenvalue weighted by atomic mass is 16.5. The molecule has 0 saturated heterocycles. The summed E-state index contributed by atoms with van der Waals surface area (Å²) in [5.74, 6) is 1.63. The van der Waals surface area contributed by atoms with Gasteiger partial charge in [0.25, 0.3) is 0 Å². The molecular weight excluding hydrogens is 214 g/mol. The quantitative estimate of drug-likeness (QED) is 0.839. The van der Waals surface area contributed by atoms with E-state index in [9.17, 15) is 0 Å². The van der Waals surface area contributed by atoms with Gasteiger partial charge in [-0.1, -0.05) is 12.8 Å². The number of rotatable bonds is 4. The minimum atomic E-state index is 0.222. The molecule has 1 aliphatic rings. The van der Waals surface area contributed by atoms with Crippen LogP contribution >= 0.6 is 0 Å². The number of ether oxygens (including phenoxy) is 1. The summed E-state index contributed by atoms with van der Waals surface area (Å²) in [6.45, 7) is 2.63. The maximum atomic E-state index is 6.12. The second kappa shape index (κ2) is 5.87. The van der Waals surface area contributed by atoms with Crippen molar-refractivity contribution in [3.8, 4) is 5.75 Å². The molecule has 94 valence electrons. The first-order valence-corrected chi connectivity index (χ1v) is 6.41. The number of hydrogen-bond acceptors (Lipinski definition) is 4. The molecular formula is C13H21N3O. The lowest BCUT2D eigenvalue weighted by atomic mass is 9.91. The Labute approximate surface area is 103 Å². The van der Waals surface area contributed by atoms with Gasteiger partial charge in [0.15, 0.2) is 11.6 Å². The Morgan fingerprint density at radius 2 is 2.29 bits per heavy atom. The average Bonchev–Trinajstić information content (AvgIpc) is 2.35. The maximum Gasteiger partial charge on any atom is 0.169 e. The molecule has 0 aliphatic heterocycles. The average molecular weight is 235 g/mol. The summed E-state index contributed by atoms with van der Waals surface area (Å²) in [6.07, 6.45) is 6.46. The molecule has 0 unspecified atom stereocenters. The summed E-state index contributed by atoms with van der Waals surface area (Å²) in [6, 6.07) is 4.36. The van der Waals surface area contributed by atoms with Crippen molar-refractivity contribution in [3.05, 3.63) is 18.3 Å². The Bertz CT molecular complexity index is 356. The number of nitrogens with one attached hydrogen (secondary N) is 1. The van der Waals surface area contributed by atoms with Gasteiger partial charge in [-0.3, -0.25) is 0 Å². The molecule has 0 spiro atoms. The van der Waals surface area contributed by atoms with E-state index in [0.29, 0.717) is 12.6 Å². The van der Waals surface area contributed by atoms with Gasteiger partial charge in [-0.25, -0.2) is 4.98 Å². The molecule has 4 heteroatoms. The summed E-state index contributed by atoms with van der Waals surface area (Å²) in [5, 5.41) is 3.42. The molecule has 3 N–H and O–H groups in total. The van der Waals surface area contributed by atoms with Gasteiger partial charge in [0.1, 0.15) is 0 Å². The summed E-state index contributed by atoms with van der Waals surface area (Å²) >= 11 is 0. The van der Waals surface area contributed by atoms with Gasteiger partial charge in [-0.2, -0.15) is 0 Å². The van der Waals surface area contributed by atoms with Crippen LogP contribution in [0.2, 0.25) is 0 Å². The highest BCUT2D eigenvalue weighted by Gasteiger charge is 2.22. The first-order valence-electron chi connectivity index (χ1n) is 6.41. The van der Waals surface area contributed by atoms with Crippen molar-refractivity contribution in [2.45, 2.75) is 44.7 Å². The van der Waals surface area contributed by atoms with Crippen LogP contribution in [0.1, 0.15) is 32.6 Å². The van der Waals surface area contributed by atoms with E-state index in [4.69, 9.17) is 10.5 Å². The lowest BCUT2D eigenvalue weighted by Crippen LogP contribution is -2.42. The number of anilines is 1. The highest BCUT2D eigenvalue weighted by Crippen LogP contribution is 2.25. The lowest BCUT2D eigenvalue weighted by molar-refractivity contribution is 0.338. The molecule has 1 heterocycles. The van der Waals surface area contributed by atoms with Gasteiger partial charge >= 0.3 is 0 Å². The molecule has 1 fully saturated rings. The van der Waals surface area contributed by atoms with Crippen molar-refractivity contribution >= 4 is 5.82 Å². The standard InChI is InChI=1S/C13H21N3O/c1-2-17-12-8-5-9-15-13(12)16-11-7-4-3-6-10(11)14/h5,8-11H,2-4,6-7,14H2,1H3,(H,15,16)/t10-,11-/m1/s1. The third-order valence-electron chi connectivity index (χ3n) is 3.21. The van der Waals surface area contributed by atoms with E-state index in [2.05, 4.69) is 10.3 Å². The largest absolute Gasteiger partial charge is 0.490 e. The predicted molar refractivity (Wildman–Crippen MR) is 69.3 cm³/mol. The van der Waals surface area contributed by atoms with E-state index in [1.165, 1.54) is 12.8 Å². The van der Waals surface area contributed by atoms with E-state index in [0.717, 1.165) is 24.4 Å². The molecule has 4 nitrogen and oxygen atoms in total. The molecule has 0 bridgehead atoms. The zero-order chi connectivity index (χ0) is 12.1. The van der Waals surface area contributed by atoms with Crippen molar-refractivity contribution in [1.29, 1.82) is 0 Å². The van der Waals surface area contributed by atoms with Crippen molar-refractivity contribution in [2.24, 2.45) is 5.73 Å². The van der Waals surface area contributed by atoms with Crippen LogP contribution in [0.25, 0.3) is 0 Å². The third-order valence-corrected chi connectivity index (χ3v) is 3.21. The van der Waals surface area contributed by atoms with Crippen LogP contribution in [0.3, 0.4) is 0 Å². The van der Waals surface area contributed by atoms with Crippen LogP contribution in [0.15, 0.2) is 18.3 Å². The Hall–Kier alpha value is -1.29. The molecule has 1 aromatic heterocycles. The Morgan fingerprint density at radius 1 is 1.47 bits per heavy atom. The smallest absolute Gasteiger partial charge is 0.169 e. The fourth-order valence-corrected chi connectivity index (χ4v) is 2.29. The van der Waals surface area contributed by atoms with Crippen LogP contribution in [0.4, 0.5) is 5.82 Å². The van der Waals surface area contributed by atoms with Crippen LogP contribution in [-0.4, -0.2) is 23.7 Å². The first kappa shape index (κ1) is 12.2. The number of aromatic nitrogens is 1. The molecule has 1 aliphatic carbocycles. The summed E-state index contributed by atoms with van der Waals surface area (Å²) < 4.78 is 5.55. The van der Waals surface area contributed by atoms with Crippen molar-refractivity contribution in [2.75, 3.05) is 11.9 Å². The van der Waals surface area contributed by atoms with Gasteiger partial charge in [0.05, 0.1) is 6.61 Å². The van der Waals surface area contributed by atoms with Gasteiger partial charge in [0, 0.05) is 18.3 Å². The Kier molecular flexibility index (Phi) is 4.20. The van der Waals surface area contributed by atoms with Crippen molar-refractivity contribution in [1.82, 2.24) is 4.98 Å². The SMILES string of the molecule is CCOc1cccnc1N[C@@H]1CCCC[C@H]1N. The van der Waals surface area contributed by atoms with Crippen LogP contribution in [0.5, 0.6) is 5.75 Å². The molecule has 17 heavy (non-hydrogen) atoms. The summed E-state index contributed by atoms with van der Waals surface area (Å²) in [4.78, 5) is 4.33. The molecule has 1 saturated carbocycles. The Balaban J connectivity index is 2.06. The predicted octanol–water partition coefficient (Wildman–Crippen LogP) is 2.16.